The minimum Gasteiger partial charge on any atom is -0.384 e. The third-order valence-electron chi connectivity index (χ3n) is 4.88. The van der Waals surface area contributed by atoms with Gasteiger partial charge >= 0.3 is 0 Å². The third-order valence-corrected chi connectivity index (χ3v) is 4.88. The van der Waals surface area contributed by atoms with Gasteiger partial charge < -0.3 is 10.1 Å². The second kappa shape index (κ2) is 5.98. The number of nitrogens with one attached hydrogen (secondary N) is 1. The zero-order valence-corrected chi connectivity index (χ0v) is 13.3. The summed E-state index contributed by atoms with van der Waals surface area (Å²) in [6.07, 6.45) is 2.25. The average Bonchev–Trinajstić information content (AvgIpc) is 2.56. The predicted octanol–water partition coefficient (Wildman–Crippen LogP) is 2.66. The zero-order chi connectivity index (χ0) is 16.6. The van der Waals surface area contributed by atoms with E-state index in [-0.39, 0.29) is 18.0 Å². The molecule has 5 heteroatoms. The Morgan fingerprint density at radius 1 is 1.21 bits per heavy atom. The molecule has 2 aromatic rings. The van der Waals surface area contributed by atoms with Crippen LogP contribution in [0.4, 0.5) is 10.1 Å². The lowest BCUT2D eigenvalue weighted by molar-refractivity contribution is -0.142. The normalized spacial score (nSPS) is 18.2. The minimum absolute atomic E-state index is 0.0802. The summed E-state index contributed by atoms with van der Waals surface area (Å²) in [6.45, 7) is 1.70. The van der Waals surface area contributed by atoms with Gasteiger partial charge in [0.2, 0.25) is 0 Å². The summed E-state index contributed by atoms with van der Waals surface area (Å²) in [5.41, 5.74) is 3.03. The molecule has 1 N–H and O–H groups in total. The molecule has 1 saturated heterocycles. The molecule has 2 aliphatic rings. The van der Waals surface area contributed by atoms with E-state index in [1.165, 1.54) is 12.1 Å². The van der Waals surface area contributed by atoms with E-state index in [0.29, 0.717) is 13.2 Å². The first kappa shape index (κ1) is 15.3. The van der Waals surface area contributed by atoms with Gasteiger partial charge in [0.25, 0.3) is 0 Å². The van der Waals surface area contributed by atoms with E-state index in [4.69, 9.17) is 9.72 Å². The number of pyridine rings is 1. The summed E-state index contributed by atoms with van der Waals surface area (Å²) >= 11 is 0. The fourth-order valence-electron chi connectivity index (χ4n) is 3.31. The van der Waals surface area contributed by atoms with Crippen LogP contribution in [0.1, 0.15) is 23.4 Å². The van der Waals surface area contributed by atoms with Crippen LogP contribution in [0.5, 0.6) is 0 Å². The number of hydrogen-bond acceptors (Lipinski definition) is 4. The number of ether oxygens (including phenoxy) is 1. The lowest BCUT2D eigenvalue weighted by Crippen LogP contribution is -2.54. The number of aromatic nitrogens is 1. The Kier molecular flexibility index (Phi) is 3.81. The fourth-order valence-corrected chi connectivity index (χ4v) is 3.31. The lowest BCUT2D eigenvalue weighted by Gasteiger charge is -2.40. The van der Waals surface area contributed by atoms with Gasteiger partial charge in [0.05, 0.1) is 30.3 Å². The second-order valence-electron chi connectivity index (χ2n) is 6.52. The van der Waals surface area contributed by atoms with Gasteiger partial charge in [0.15, 0.2) is 5.78 Å². The Morgan fingerprint density at radius 2 is 2.00 bits per heavy atom. The van der Waals surface area contributed by atoms with E-state index < -0.39 is 5.41 Å². The summed E-state index contributed by atoms with van der Waals surface area (Å²) in [7, 11) is 0. The average molecular weight is 326 g/mol. The Balaban J connectivity index is 1.61. The fraction of sp³-hybridized carbons (Fsp3) is 0.368. The molecule has 0 saturated carbocycles. The minimum atomic E-state index is -0.666. The van der Waals surface area contributed by atoms with Crippen molar-refractivity contribution in [2.24, 2.45) is 0 Å². The molecule has 0 aliphatic carbocycles. The molecule has 0 spiro atoms. The number of rotatable bonds is 4. The summed E-state index contributed by atoms with van der Waals surface area (Å²) in [5, 5.41) is 3.34. The van der Waals surface area contributed by atoms with E-state index in [0.717, 1.165) is 42.0 Å². The Labute approximate surface area is 140 Å². The quantitative estimate of drug-likeness (QED) is 0.938. The lowest BCUT2D eigenvalue weighted by atomic mass is 9.75. The number of benzene rings is 1. The largest absolute Gasteiger partial charge is 0.384 e. The predicted molar refractivity (Wildman–Crippen MR) is 88.7 cm³/mol. The molecule has 124 valence electrons. The Hall–Kier alpha value is -2.27. The SMILES string of the molecule is O=C(Cc1ccc(F)cc1)C1(c2ccc3c(n2)CCCN3)COC1. The maximum Gasteiger partial charge on any atom is 0.154 e. The first-order chi connectivity index (χ1) is 11.7. The molecule has 0 amide bonds. The van der Waals surface area contributed by atoms with Crippen LogP contribution in [0.25, 0.3) is 0 Å². The van der Waals surface area contributed by atoms with Crippen LogP contribution in [-0.2, 0) is 27.8 Å². The number of Topliss-reactive ketones (excluding diaryl/α,β-unsaturated/α-hetero) is 1. The molecule has 1 fully saturated rings. The van der Waals surface area contributed by atoms with Crippen molar-refractivity contribution in [3.8, 4) is 0 Å². The highest BCUT2D eigenvalue weighted by Gasteiger charge is 2.48. The molecule has 0 bridgehead atoms. The van der Waals surface area contributed by atoms with E-state index in [9.17, 15) is 9.18 Å². The molecule has 1 aromatic carbocycles. The van der Waals surface area contributed by atoms with Gasteiger partial charge in [0.1, 0.15) is 11.2 Å². The maximum absolute atomic E-state index is 13.0. The molecule has 24 heavy (non-hydrogen) atoms. The monoisotopic (exact) mass is 326 g/mol. The first-order valence-electron chi connectivity index (χ1n) is 8.27. The number of fused-ring (bicyclic) bond motifs is 1. The standard InChI is InChI=1S/C19H19FN2O2/c20-14-5-3-13(4-6-14)10-18(23)19(11-24-12-19)17-8-7-15-16(22-17)2-1-9-21-15/h3-8,21H,1-2,9-12H2. The van der Waals surface area contributed by atoms with E-state index in [1.54, 1.807) is 12.1 Å². The second-order valence-corrected chi connectivity index (χ2v) is 6.52. The van der Waals surface area contributed by atoms with Gasteiger partial charge in [-0.15, -0.1) is 0 Å². The van der Waals surface area contributed by atoms with Crippen LogP contribution in [0, 0.1) is 5.82 Å². The van der Waals surface area contributed by atoms with Crippen LogP contribution < -0.4 is 5.32 Å². The highest BCUT2D eigenvalue weighted by atomic mass is 19.1. The number of halogens is 1. The number of ketones is 1. The van der Waals surface area contributed by atoms with Gasteiger partial charge in [-0.05, 0) is 42.7 Å². The van der Waals surface area contributed by atoms with Crippen LogP contribution >= 0.6 is 0 Å². The van der Waals surface area contributed by atoms with Crippen LogP contribution in [0.15, 0.2) is 36.4 Å². The van der Waals surface area contributed by atoms with E-state index >= 15 is 0 Å². The molecule has 4 rings (SSSR count). The summed E-state index contributed by atoms with van der Waals surface area (Å²) in [5.74, 6) is -0.215. The summed E-state index contributed by atoms with van der Waals surface area (Å²) in [4.78, 5) is 17.7. The van der Waals surface area contributed by atoms with Gasteiger partial charge in [-0.1, -0.05) is 12.1 Å². The van der Waals surface area contributed by atoms with Crippen molar-refractivity contribution in [2.75, 3.05) is 25.1 Å². The number of aryl methyl sites for hydroxylation is 1. The topological polar surface area (TPSA) is 51.2 Å². The van der Waals surface area contributed by atoms with Crippen LogP contribution in [0.3, 0.4) is 0 Å². The van der Waals surface area contributed by atoms with Crippen molar-refractivity contribution in [3.05, 3.63) is 59.2 Å². The number of nitrogens with zero attached hydrogens (tertiary/aromatic N) is 1. The van der Waals surface area contributed by atoms with Crippen molar-refractivity contribution in [2.45, 2.75) is 24.7 Å². The molecule has 0 radical (unpaired) electrons. The maximum atomic E-state index is 13.0. The number of anilines is 1. The highest BCUT2D eigenvalue weighted by molar-refractivity contribution is 5.92. The van der Waals surface area contributed by atoms with Crippen molar-refractivity contribution in [3.63, 3.8) is 0 Å². The van der Waals surface area contributed by atoms with Crippen molar-refractivity contribution < 1.29 is 13.9 Å². The molecule has 0 atom stereocenters. The Morgan fingerprint density at radius 3 is 2.71 bits per heavy atom. The molecule has 0 unspecified atom stereocenters. The summed E-state index contributed by atoms with van der Waals surface area (Å²) < 4.78 is 18.4. The zero-order valence-electron chi connectivity index (χ0n) is 13.3. The van der Waals surface area contributed by atoms with Gasteiger partial charge in [-0.3, -0.25) is 9.78 Å². The van der Waals surface area contributed by atoms with Gasteiger partial charge in [-0.25, -0.2) is 4.39 Å². The molecular weight excluding hydrogens is 307 g/mol. The van der Waals surface area contributed by atoms with Crippen LogP contribution in [-0.4, -0.2) is 30.5 Å². The highest BCUT2D eigenvalue weighted by Crippen LogP contribution is 2.35. The van der Waals surface area contributed by atoms with Crippen molar-refractivity contribution in [1.29, 1.82) is 0 Å². The van der Waals surface area contributed by atoms with E-state index in [1.807, 2.05) is 12.1 Å². The van der Waals surface area contributed by atoms with Crippen molar-refractivity contribution in [1.82, 2.24) is 4.98 Å². The number of hydrogen-bond donors (Lipinski definition) is 1. The Bertz CT molecular complexity index is 769. The van der Waals surface area contributed by atoms with Crippen LogP contribution in [0.2, 0.25) is 0 Å². The molecule has 4 nitrogen and oxygen atoms in total. The number of carbonyl (C=O) groups excluding carboxylic acids is 1. The molecule has 1 aromatic heterocycles. The molecular formula is C19H19FN2O2. The number of carbonyl (C=O) groups is 1. The molecule has 3 heterocycles. The third kappa shape index (κ3) is 2.59. The van der Waals surface area contributed by atoms with Crippen molar-refractivity contribution >= 4 is 11.5 Å². The van der Waals surface area contributed by atoms with Gasteiger partial charge in [0, 0.05) is 13.0 Å². The smallest absolute Gasteiger partial charge is 0.154 e. The van der Waals surface area contributed by atoms with E-state index in [2.05, 4.69) is 5.32 Å². The summed E-state index contributed by atoms with van der Waals surface area (Å²) in [6, 6.07) is 10.0. The van der Waals surface area contributed by atoms with Gasteiger partial charge in [-0.2, -0.15) is 0 Å². The first-order valence-corrected chi connectivity index (χ1v) is 8.27. The molecule has 2 aliphatic heterocycles.